The van der Waals surface area contributed by atoms with Gasteiger partial charge in [0, 0.05) is 30.3 Å². The van der Waals surface area contributed by atoms with E-state index in [0.717, 1.165) is 16.7 Å². The van der Waals surface area contributed by atoms with Crippen molar-refractivity contribution >= 4 is 21.5 Å². The van der Waals surface area contributed by atoms with Crippen molar-refractivity contribution in [2.75, 3.05) is 18.8 Å². The quantitative estimate of drug-likeness (QED) is 0.489. The molecular formula is C28H33N5O6S. The predicted molar refractivity (Wildman–Crippen MR) is 146 cm³/mol. The highest BCUT2D eigenvalue weighted by molar-refractivity contribution is 7.90. The van der Waals surface area contributed by atoms with E-state index in [1.807, 2.05) is 19.9 Å². The van der Waals surface area contributed by atoms with Gasteiger partial charge in [0.1, 0.15) is 17.6 Å². The van der Waals surface area contributed by atoms with Crippen molar-refractivity contribution in [2.24, 2.45) is 0 Å². The van der Waals surface area contributed by atoms with Crippen molar-refractivity contribution in [3.05, 3.63) is 46.8 Å². The molecule has 0 unspecified atom stereocenters. The number of nitriles is 1. The molecule has 2 aliphatic carbocycles. The van der Waals surface area contributed by atoms with E-state index in [2.05, 4.69) is 20.9 Å². The number of amides is 1. The summed E-state index contributed by atoms with van der Waals surface area (Å²) in [5.74, 6) is 0.120. The zero-order valence-corrected chi connectivity index (χ0v) is 23.4. The monoisotopic (exact) mass is 567 g/mol. The van der Waals surface area contributed by atoms with Gasteiger partial charge in [0.15, 0.2) is 0 Å². The van der Waals surface area contributed by atoms with E-state index in [1.165, 1.54) is 4.90 Å². The molecule has 2 aromatic rings. The van der Waals surface area contributed by atoms with Crippen molar-refractivity contribution in [2.45, 2.75) is 70.6 Å². The smallest absolute Gasteiger partial charge is 0.258 e. The molecule has 5 rings (SSSR count). The van der Waals surface area contributed by atoms with E-state index < -0.39 is 33.8 Å². The Kier molecular flexibility index (Phi) is 8.07. The zero-order chi connectivity index (χ0) is 28.4. The number of sulfonamides is 1. The molecule has 40 heavy (non-hydrogen) atoms. The van der Waals surface area contributed by atoms with Crippen LogP contribution in [0, 0.1) is 11.3 Å². The topological polar surface area (TPSA) is 159 Å². The molecule has 1 fully saturated rings. The number of rotatable bonds is 8. The Balaban J connectivity index is 1.29. The molecule has 2 heterocycles. The average molecular weight is 568 g/mol. The molecule has 1 aromatic heterocycles. The van der Waals surface area contributed by atoms with Gasteiger partial charge in [0.25, 0.3) is 5.89 Å². The third kappa shape index (κ3) is 6.11. The number of benzene rings is 1. The lowest BCUT2D eigenvalue weighted by molar-refractivity contribution is -0.130. The Morgan fingerprint density at radius 3 is 2.77 bits per heavy atom. The molecule has 1 atom stereocenters. The van der Waals surface area contributed by atoms with Gasteiger partial charge < -0.3 is 19.3 Å². The molecule has 1 amide bonds. The van der Waals surface area contributed by atoms with E-state index in [9.17, 15) is 23.6 Å². The number of aliphatic hydroxyl groups is 1. The number of hydrogen-bond acceptors (Lipinski definition) is 9. The highest BCUT2D eigenvalue weighted by atomic mass is 32.2. The van der Waals surface area contributed by atoms with Gasteiger partial charge in [0.05, 0.1) is 17.8 Å². The number of carbonyl (C=O) groups is 1. The van der Waals surface area contributed by atoms with Crippen LogP contribution in [0.5, 0.6) is 5.75 Å². The van der Waals surface area contributed by atoms with E-state index in [0.29, 0.717) is 74.3 Å². The maximum absolute atomic E-state index is 12.9. The van der Waals surface area contributed by atoms with Crippen LogP contribution in [-0.2, 0) is 14.8 Å². The van der Waals surface area contributed by atoms with Crippen LogP contribution in [0.25, 0.3) is 17.0 Å². The van der Waals surface area contributed by atoms with Crippen molar-refractivity contribution < 1.29 is 27.6 Å². The summed E-state index contributed by atoms with van der Waals surface area (Å²) in [5, 5.41) is 23.4. The number of carbonyl (C=O) groups excluding carboxylic acids is 1. The lowest BCUT2D eigenvalue weighted by atomic mass is 9.91. The molecule has 0 spiro atoms. The first-order chi connectivity index (χ1) is 19.1. The second kappa shape index (κ2) is 11.5. The van der Waals surface area contributed by atoms with E-state index in [-0.39, 0.29) is 12.0 Å². The number of nitrogens with zero attached hydrogens (tertiary/aromatic N) is 4. The van der Waals surface area contributed by atoms with Gasteiger partial charge in [-0.1, -0.05) is 11.2 Å². The molecular weight excluding hydrogens is 534 g/mol. The minimum atomic E-state index is -3.85. The Morgan fingerprint density at radius 2 is 2.05 bits per heavy atom. The number of aliphatic hydroxyl groups excluding tert-OH is 1. The van der Waals surface area contributed by atoms with Crippen LogP contribution in [-0.4, -0.2) is 71.6 Å². The number of piperidine rings is 1. The Morgan fingerprint density at radius 1 is 1.27 bits per heavy atom. The van der Waals surface area contributed by atoms with Crippen molar-refractivity contribution in [3.8, 4) is 23.3 Å². The summed E-state index contributed by atoms with van der Waals surface area (Å²) in [6.45, 7) is 4.51. The van der Waals surface area contributed by atoms with E-state index in [4.69, 9.17) is 9.26 Å². The molecule has 3 aliphatic rings. The zero-order valence-electron chi connectivity index (χ0n) is 22.6. The van der Waals surface area contributed by atoms with Gasteiger partial charge in [-0.15, -0.1) is 0 Å². The minimum Gasteiger partial charge on any atom is -0.490 e. The standard InChI is InChI=1S/C28H33N5O6S/c1-17(2)38-25-9-6-18(14-19(25)15-29)28-30-27(31-39-28)23-5-3-4-22-21(23)7-8-24(22)32-40(36,37)16-26(35)33-12-10-20(34)11-13-33/h5-6,9,14,17,20,24,32,34H,3-4,7-8,10-13,16H2,1-2H3/t24-/m0/s1. The van der Waals surface area contributed by atoms with Gasteiger partial charge in [-0.3, -0.25) is 4.79 Å². The van der Waals surface area contributed by atoms with Gasteiger partial charge in [-0.05, 0) is 81.7 Å². The van der Waals surface area contributed by atoms with Gasteiger partial charge in [-0.2, -0.15) is 10.2 Å². The number of nitrogens with one attached hydrogen (secondary N) is 1. The van der Waals surface area contributed by atoms with Gasteiger partial charge in [-0.25, -0.2) is 13.1 Å². The van der Waals surface area contributed by atoms with Crippen molar-refractivity contribution in [1.29, 1.82) is 5.26 Å². The first kappa shape index (κ1) is 28.0. The summed E-state index contributed by atoms with van der Waals surface area (Å²) in [7, 11) is -3.85. The highest BCUT2D eigenvalue weighted by Crippen LogP contribution is 2.42. The number of likely N-dealkylation sites (tertiary alicyclic amines) is 1. The fourth-order valence-electron chi connectivity index (χ4n) is 5.50. The summed E-state index contributed by atoms with van der Waals surface area (Å²) >= 11 is 0. The maximum Gasteiger partial charge on any atom is 0.258 e. The summed E-state index contributed by atoms with van der Waals surface area (Å²) in [5.41, 5.74) is 3.78. The average Bonchev–Trinajstić information content (AvgIpc) is 3.56. The lowest BCUT2D eigenvalue weighted by Gasteiger charge is -2.29. The molecule has 0 radical (unpaired) electrons. The van der Waals surface area contributed by atoms with Crippen LogP contribution in [0.2, 0.25) is 0 Å². The molecule has 2 N–H and O–H groups in total. The molecule has 0 bridgehead atoms. The second-order valence-corrected chi connectivity index (χ2v) is 12.4. The number of allylic oxidation sites excluding steroid dienone is 3. The fraction of sp³-hybridized carbons (Fsp3) is 0.500. The number of aromatic nitrogens is 2. The molecule has 12 heteroatoms. The van der Waals surface area contributed by atoms with Crippen LogP contribution >= 0.6 is 0 Å². The Hall–Kier alpha value is -3.53. The number of hydrogen-bond donors (Lipinski definition) is 2. The van der Waals surface area contributed by atoms with Crippen molar-refractivity contribution in [1.82, 2.24) is 19.8 Å². The normalized spacial score (nSPS) is 19.9. The Bertz CT molecular complexity index is 1500. The summed E-state index contributed by atoms with van der Waals surface area (Å²) in [4.78, 5) is 18.7. The molecule has 212 valence electrons. The van der Waals surface area contributed by atoms with Gasteiger partial charge >= 0.3 is 0 Å². The third-order valence-electron chi connectivity index (χ3n) is 7.41. The van der Waals surface area contributed by atoms with E-state index >= 15 is 0 Å². The molecule has 0 saturated carbocycles. The Labute approximate surface area is 233 Å². The van der Waals surface area contributed by atoms with Crippen LogP contribution in [0.4, 0.5) is 0 Å². The largest absolute Gasteiger partial charge is 0.490 e. The first-order valence-corrected chi connectivity index (χ1v) is 15.2. The summed E-state index contributed by atoms with van der Waals surface area (Å²) in [6.07, 6.45) is 5.09. The molecule has 1 aliphatic heterocycles. The first-order valence-electron chi connectivity index (χ1n) is 13.6. The molecule has 1 saturated heterocycles. The highest BCUT2D eigenvalue weighted by Gasteiger charge is 2.35. The van der Waals surface area contributed by atoms with Gasteiger partial charge in [0.2, 0.25) is 21.8 Å². The van der Waals surface area contributed by atoms with Crippen LogP contribution in [0.3, 0.4) is 0 Å². The predicted octanol–water partition coefficient (Wildman–Crippen LogP) is 2.93. The molecule has 11 nitrogen and oxygen atoms in total. The van der Waals surface area contributed by atoms with Crippen LogP contribution in [0.1, 0.15) is 63.8 Å². The summed E-state index contributed by atoms with van der Waals surface area (Å²) < 4.78 is 39.8. The summed E-state index contributed by atoms with van der Waals surface area (Å²) in [6, 6.07) is 6.89. The van der Waals surface area contributed by atoms with E-state index in [1.54, 1.807) is 18.2 Å². The van der Waals surface area contributed by atoms with Crippen LogP contribution in [0.15, 0.2) is 39.9 Å². The molecule has 1 aromatic carbocycles. The third-order valence-corrected chi connectivity index (χ3v) is 8.68. The fourth-order valence-corrected chi connectivity index (χ4v) is 6.79. The second-order valence-electron chi connectivity index (χ2n) is 10.7. The maximum atomic E-state index is 12.9. The number of ether oxygens (including phenoxy) is 1. The minimum absolute atomic E-state index is 0.0708. The van der Waals surface area contributed by atoms with Crippen LogP contribution < -0.4 is 9.46 Å². The van der Waals surface area contributed by atoms with Crippen molar-refractivity contribution in [3.63, 3.8) is 0 Å². The SMILES string of the molecule is CC(C)Oc1ccc(-c2nc(C3=CCCC4=C3CC[C@@H]4NS(=O)(=O)CC(=O)N3CCC(O)CC3)no2)cc1C#N. The lowest BCUT2D eigenvalue weighted by Crippen LogP contribution is -2.46.